The average Bonchev–Trinajstić information content (AvgIpc) is 2.95. The first kappa shape index (κ1) is 20.5. The van der Waals surface area contributed by atoms with Crippen molar-refractivity contribution in [3.05, 3.63) is 52.8 Å². The Labute approximate surface area is 178 Å². The van der Waals surface area contributed by atoms with Gasteiger partial charge in [0.1, 0.15) is 10.9 Å². The smallest absolute Gasteiger partial charge is 0.242 e. The van der Waals surface area contributed by atoms with E-state index in [1.54, 1.807) is 29.4 Å². The van der Waals surface area contributed by atoms with Gasteiger partial charge in [0.2, 0.25) is 5.91 Å². The SMILES string of the molecule is C#CCOc1c(Cl)cc(C[C@H]2SC(=S)N(Cc3cccnc3)C2=O)cc1OC. The fourth-order valence-corrected chi connectivity index (χ4v) is 4.62. The number of carbonyl (C=O) groups is 1. The maximum absolute atomic E-state index is 12.9. The first-order valence-electron chi connectivity index (χ1n) is 8.37. The molecule has 0 N–H and O–H groups in total. The van der Waals surface area contributed by atoms with Crippen LogP contribution >= 0.6 is 35.6 Å². The number of thioether (sulfide) groups is 1. The second-order valence-electron chi connectivity index (χ2n) is 5.96. The van der Waals surface area contributed by atoms with Gasteiger partial charge >= 0.3 is 0 Å². The van der Waals surface area contributed by atoms with E-state index in [2.05, 4.69) is 10.9 Å². The Balaban J connectivity index is 1.75. The van der Waals surface area contributed by atoms with Crippen molar-refractivity contribution in [1.29, 1.82) is 0 Å². The van der Waals surface area contributed by atoms with Gasteiger partial charge < -0.3 is 9.47 Å². The van der Waals surface area contributed by atoms with Gasteiger partial charge in [-0.15, -0.1) is 6.42 Å². The lowest BCUT2D eigenvalue weighted by molar-refractivity contribution is -0.126. The molecule has 1 saturated heterocycles. The number of nitrogens with zero attached hydrogens (tertiary/aromatic N) is 2. The van der Waals surface area contributed by atoms with Gasteiger partial charge in [-0.05, 0) is 35.7 Å². The summed E-state index contributed by atoms with van der Waals surface area (Å²) in [4.78, 5) is 18.6. The van der Waals surface area contributed by atoms with Gasteiger partial charge in [-0.1, -0.05) is 47.6 Å². The maximum Gasteiger partial charge on any atom is 0.242 e. The zero-order valence-electron chi connectivity index (χ0n) is 15.1. The molecule has 2 heterocycles. The quantitative estimate of drug-likeness (QED) is 0.491. The highest BCUT2D eigenvalue weighted by Crippen LogP contribution is 2.38. The van der Waals surface area contributed by atoms with Crippen LogP contribution in [0.2, 0.25) is 5.02 Å². The van der Waals surface area contributed by atoms with Crippen LogP contribution in [0, 0.1) is 12.3 Å². The van der Waals surface area contributed by atoms with Gasteiger partial charge in [-0.2, -0.15) is 0 Å². The first-order valence-corrected chi connectivity index (χ1v) is 10.0. The summed E-state index contributed by atoms with van der Waals surface area (Å²) in [7, 11) is 1.53. The number of ether oxygens (including phenoxy) is 2. The molecule has 1 aliphatic rings. The van der Waals surface area contributed by atoms with E-state index in [9.17, 15) is 4.79 Å². The molecule has 2 aromatic rings. The molecule has 0 saturated carbocycles. The van der Waals surface area contributed by atoms with Crippen molar-refractivity contribution in [3.8, 4) is 23.8 Å². The zero-order valence-corrected chi connectivity index (χ0v) is 17.4. The summed E-state index contributed by atoms with van der Waals surface area (Å²) in [5, 5.41) is 0.0669. The molecule has 1 aliphatic heterocycles. The number of benzene rings is 1. The van der Waals surface area contributed by atoms with Crippen molar-refractivity contribution in [2.24, 2.45) is 0 Å². The molecule has 1 aromatic heterocycles. The van der Waals surface area contributed by atoms with Gasteiger partial charge in [0.05, 0.1) is 23.9 Å². The molecule has 5 nitrogen and oxygen atoms in total. The Morgan fingerprint density at radius 3 is 2.93 bits per heavy atom. The Hall–Kier alpha value is -2.27. The van der Waals surface area contributed by atoms with E-state index in [1.807, 2.05) is 12.1 Å². The Morgan fingerprint density at radius 1 is 1.43 bits per heavy atom. The van der Waals surface area contributed by atoms with E-state index in [0.29, 0.717) is 33.8 Å². The van der Waals surface area contributed by atoms with Crippen LogP contribution in [-0.4, -0.2) is 39.1 Å². The van der Waals surface area contributed by atoms with Gasteiger partial charge in [-0.3, -0.25) is 14.7 Å². The summed E-state index contributed by atoms with van der Waals surface area (Å²) >= 11 is 13.1. The number of aromatic nitrogens is 1. The standard InChI is InChI=1S/C20H17ClN2O3S2/c1-3-7-26-18-15(21)8-14(9-16(18)25-2)10-17-19(24)23(20(27)28-17)12-13-5-4-6-22-11-13/h1,4-6,8-9,11,17H,7,10,12H2,2H3/t17-/m1/s1. The van der Waals surface area contributed by atoms with Crippen molar-refractivity contribution in [3.63, 3.8) is 0 Å². The van der Waals surface area contributed by atoms with Gasteiger partial charge in [-0.25, -0.2) is 0 Å². The van der Waals surface area contributed by atoms with Crippen LogP contribution in [0.3, 0.4) is 0 Å². The van der Waals surface area contributed by atoms with Gasteiger partial charge in [0.25, 0.3) is 0 Å². The number of thiocarbonyl (C=S) groups is 1. The summed E-state index contributed by atoms with van der Waals surface area (Å²) in [6.07, 6.45) is 9.13. The minimum atomic E-state index is -0.317. The van der Waals surface area contributed by atoms with E-state index in [4.69, 9.17) is 39.7 Å². The minimum absolute atomic E-state index is 0.0263. The first-order chi connectivity index (χ1) is 13.5. The molecule has 1 amide bonds. The van der Waals surface area contributed by atoms with Crippen molar-refractivity contribution >= 4 is 45.8 Å². The number of methoxy groups -OCH3 is 1. The molecular formula is C20H17ClN2O3S2. The molecule has 1 atom stereocenters. The fraction of sp³-hybridized carbons (Fsp3) is 0.250. The largest absolute Gasteiger partial charge is 0.493 e. The fourth-order valence-electron chi connectivity index (χ4n) is 2.80. The van der Waals surface area contributed by atoms with Crippen LogP contribution in [0.4, 0.5) is 0 Å². The summed E-state index contributed by atoms with van der Waals surface area (Å²) in [6, 6.07) is 7.32. The van der Waals surface area contributed by atoms with E-state index < -0.39 is 0 Å². The molecule has 0 bridgehead atoms. The Kier molecular flexibility index (Phi) is 6.79. The second-order valence-corrected chi connectivity index (χ2v) is 8.21. The molecular weight excluding hydrogens is 416 g/mol. The summed E-state index contributed by atoms with van der Waals surface area (Å²) in [5.41, 5.74) is 1.78. The van der Waals surface area contributed by atoms with Crippen LogP contribution in [0.25, 0.3) is 0 Å². The molecule has 0 unspecified atom stereocenters. The van der Waals surface area contributed by atoms with Crippen molar-refractivity contribution in [2.45, 2.75) is 18.2 Å². The Bertz CT molecular complexity index is 931. The molecule has 0 radical (unpaired) electrons. The number of rotatable bonds is 7. The van der Waals surface area contributed by atoms with Crippen molar-refractivity contribution in [1.82, 2.24) is 9.88 Å². The summed E-state index contributed by atoms with van der Waals surface area (Å²) in [6.45, 7) is 0.502. The number of hydrogen-bond donors (Lipinski definition) is 0. The van der Waals surface area contributed by atoms with Crippen LogP contribution < -0.4 is 9.47 Å². The third-order valence-corrected chi connectivity index (χ3v) is 5.94. The molecule has 144 valence electrons. The van der Waals surface area contributed by atoms with Crippen molar-refractivity contribution in [2.75, 3.05) is 13.7 Å². The highest BCUT2D eigenvalue weighted by atomic mass is 35.5. The molecule has 1 aromatic carbocycles. The number of hydrogen-bond acceptors (Lipinski definition) is 6. The number of amides is 1. The topological polar surface area (TPSA) is 51.7 Å². The van der Waals surface area contributed by atoms with E-state index in [-0.39, 0.29) is 17.8 Å². The summed E-state index contributed by atoms with van der Waals surface area (Å²) in [5.74, 6) is 3.24. The van der Waals surface area contributed by atoms with Crippen LogP contribution in [0.5, 0.6) is 11.5 Å². The summed E-state index contributed by atoms with van der Waals surface area (Å²) < 4.78 is 11.4. The number of terminal acetylenes is 1. The molecule has 28 heavy (non-hydrogen) atoms. The Morgan fingerprint density at radius 2 is 2.25 bits per heavy atom. The number of pyridine rings is 1. The van der Waals surface area contributed by atoms with E-state index in [0.717, 1.165) is 11.1 Å². The molecule has 3 rings (SSSR count). The van der Waals surface area contributed by atoms with E-state index in [1.165, 1.54) is 18.9 Å². The van der Waals surface area contributed by atoms with Crippen molar-refractivity contribution < 1.29 is 14.3 Å². The zero-order chi connectivity index (χ0) is 20.1. The predicted octanol–water partition coefficient (Wildman–Crippen LogP) is 3.73. The second kappa shape index (κ2) is 9.28. The minimum Gasteiger partial charge on any atom is -0.493 e. The monoisotopic (exact) mass is 432 g/mol. The van der Waals surface area contributed by atoms with Crippen LogP contribution in [0.1, 0.15) is 11.1 Å². The lowest BCUT2D eigenvalue weighted by Gasteiger charge is -2.16. The average molecular weight is 433 g/mol. The number of halogens is 1. The molecule has 0 spiro atoms. The molecule has 8 heteroatoms. The van der Waals surface area contributed by atoms with E-state index >= 15 is 0 Å². The predicted molar refractivity (Wildman–Crippen MR) is 115 cm³/mol. The van der Waals surface area contributed by atoms with Crippen LogP contribution in [-0.2, 0) is 17.8 Å². The maximum atomic E-state index is 12.9. The normalized spacial score (nSPS) is 16.2. The highest BCUT2D eigenvalue weighted by molar-refractivity contribution is 8.24. The lowest BCUT2D eigenvalue weighted by atomic mass is 10.1. The van der Waals surface area contributed by atoms with Gasteiger partial charge in [0.15, 0.2) is 11.5 Å². The highest BCUT2D eigenvalue weighted by Gasteiger charge is 2.37. The molecule has 0 aliphatic carbocycles. The third kappa shape index (κ3) is 4.58. The van der Waals surface area contributed by atoms with Gasteiger partial charge in [0, 0.05) is 12.4 Å². The third-order valence-electron chi connectivity index (χ3n) is 4.08. The number of carbonyl (C=O) groups excluding carboxylic acids is 1. The molecule has 1 fully saturated rings. The van der Waals surface area contributed by atoms with Crippen LogP contribution in [0.15, 0.2) is 36.7 Å². The lowest BCUT2D eigenvalue weighted by Crippen LogP contribution is -2.31.